The summed E-state index contributed by atoms with van der Waals surface area (Å²) in [6, 6.07) is 12.4. The van der Waals surface area contributed by atoms with Crippen molar-refractivity contribution in [1.29, 1.82) is 0 Å². The van der Waals surface area contributed by atoms with Gasteiger partial charge in [-0.15, -0.1) is 0 Å². The van der Waals surface area contributed by atoms with Crippen molar-refractivity contribution in [2.45, 2.75) is 18.0 Å². The topological polar surface area (TPSA) is 75.3 Å². The van der Waals surface area contributed by atoms with Gasteiger partial charge in [-0.1, -0.05) is 30.3 Å². The largest absolute Gasteiger partial charge is 0.332 e. The Balaban J connectivity index is 2.35. The lowest BCUT2D eigenvalue weighted by Crippen LogP contribution is -2.42. The van der Waals surface area contributed by atoms with Gasteiger partial charge < -0.3 is 5.32 Å². The summed E-state index contributed by atoms with van der Waals surface area (Å²) >= 11 is 0. The molecule has 0 heterocycles. The smallest absolute Gasteiger partial charge is 0.310 e. The summed E-state index contributed by atoms with van der Waals surface area (Å²) in [6.45, 7) is 1.52. The maximum Gasteiger partial charge on any atom is 0.310 e. The van der Waals surface area contributed by atoms with Gasteiger partial charge in [0.2, 0.25) is 10.0 Å². The van der Waals surface area contributed by atoms with Crippen molar-refractivity contribution in [3.63, 3.8) is 0 Å². The predicted molar refractivity (Wildman–Crippen MR) is 72.6 cm³/mol. The first-order chi connectivity index (χ1) is 9.03. The van der Waals surface area contributed by atoms with Crippen LogP contribution in [0.25, 0.3) is 10.8 Å². The standard InChI is InChI=1S/C13H13N2O3S/c1-10(14-9-16)15-19(17,18)13-7-6-11-4-2-3-5-12(11)8-13/h2-8,10,15H,1H3,(H,14,16). The van der Waals surface area contributed by atoms with E-state index in [-0.39, 0.29) is 4.90 Å². The highest BCUT2D eigenvalue weighted by Crippen LogP contribution is 2.18. The molecule has 19 heavy (non-hydrogen) atoms. The van der Waals surface area contributed by atoms with Crippen LogP contribution < -0.4 is 10.0 Å². The summed E-state index contributed by atoms with van der Waals surface area (Å²) in [4.78, 5) is 10.3. The molecule has 1 radical (unpaired) electrons. The molecule has 2 aromatic rings. The van der Waals surface area contributed by atoms with E-state index < -0.39 is 16.2 Å². The number of fused-ring (bicyclic) bond motifs is 1. The summed E-state index contributed by atoms with van der Waals surface area (Å²) in [6.07, 6.45) is 0.730. The Labute approximate surface area is 111 Å². The first kappa shape index (κ1) is 13.5. The van der Waals surface area contributed by atoms with Crippen LogP contribution in [0, 0.1) is 0 Å². The van der Waals surface area contributed by atoms with Gasteiger partial charge in [-0.2, -0.15) is 4.72 Å². The lowest BCUT2D eigenvalue weighted by molar-refractivity contribution is 0.511. The quantitative estimate of drug-likeness (QED) is 0.635. The maximum atomic E-state index is 12.1. The molecule has 1 amide bonds. The number of carbonyl (C=O) groups excluding carboxylic acids is 1. The fourth-order valence-electron chi connectivity index (χ4n) is 1.75. The maximum absolute atomic E-state index is 12.1. The molecule has 0 saturated carbocycles. The van der Waals surface area contributed by atoms with E-state index in [1.807, 2.05) is 24.3 Å². The molecule has 5 nitrogen and oxygen atoms in total. The van der Waals surface area contributed by atoms with Crippen molar-refractivity contribution in [3.05, 3.63) is 42.5 Å². The van der Waals surface area contributed by atoms with Crippen molar-refractivity contribution in [1.82, 2.24) is 10.0 Å². The van der Waals surface area contributed by atoms with Gasteiger partial charge in [-0.3, -0.25) is 4.79 Å². The van der Waals surface area contributed by atoms with E-state index in [0.717, 1.165) is 10.8 Å². The van der Waals surface area contributed by atoms with Crippen LogP contribution in [0.1, 0.15) is 6.92 Å². The molecule has 0 aliphatic heterocycles. The second-order valence-electron chi connectivity index (χ2n) is 4.10. The van der Waals surface area contributed by atoms with Crippen LogP contribution >= 0.6 is 0 Å². The normalized spacial score (nSPS) is 13.1. The molecule has 1 unspecified atom stereocenters. The van der Waals surface area contributed by atoms with Crippen molar-refractivity contribution in [2.24, 2.45) is 0 Å². The third kappa shape index (κ3) is 3.10. The molecular weight excluding hydrogens is 264 g/mol. The SMILES string of the molecule is CC(N[C]=O)NS(=O)(=O)c1ccc2ccccc2c1. The Kier molecular flexibility index (Phi) is 3.82. The summed E-state index contributed by atoms with van der Waals surface area (Å²) in [5.74, 6) is 0. The number of sulfonamides is 1. The molecule has 1 atom stereocenters. The Morgan fingerprint density at radius 2 is 1.79 bits per heavy atom. The molecule has 0 saturated heterocycles. The van der Waals surface area contributed by atoms with Crippen LogP contribution in [-0.4, -0.2) is 21.0 Å². The lowest BCUT2D eigenvalue weighted by Gasteiger charge is -2.13. The van der Waals surface area contributed by atoms with E-state index in [1.54, 1.807) is 12.1 Å². The fraction of sp³-hybridized carbons (Fsp3) is 0.154. The van der Waals surface area contributed by atoms with Gasteiger partial charge in [-0.25, -0.2) is 8.42 Å². The minimum Gasteiger partial charge on any atom is -0.332 e. The zero-order valence-corrected chi connectivity index (χ0v) is 11.1. The molecule has 2 aromatic carbocycles. The zero-order valence-electron chi connectivity index (χ0n) is 10.3. The van der Waals surface area contributed by atoms with Gasteiger partial charge in [0.15, 0.2) is 0 Å². The molecular formula is C13H13N2O3S. The summed E-state index contributed by atoms with van der Waals surface area (Å²) in [5, 5.41) is 4.02. The minimum absolute atomic E-state index is 0.158. The molecule has 0 fully saturated rings. The third-order valence-corrected chi connectivity index (χ3v) is 4.18. The predicted octanol–water partition coefficient (Wildman–Crippen LogP) is 1.12. The Morgan fingerprint density at radius 3 is 2.47 bits per heavy atom. The minimum atomic E-state index is -3.66. The summed E-state index contributed by atoms with van der Waals surface area (Å²) in [5.41, 5.74) is 0. The number of rotatable bonds is 5. The van der Waals surface area contributed by atoms with Crippen LogP contribution in [0.2, 0.25) is 0 Å². The molecule has 0 aromatic heterocycles. The molecule has 99 valence electrons. The first-order valence-corrected chi connectivity index (χ1v) is 7.15. The van der Waals surface area contributed by atoms with Gasteiger partial charge in [0, 0.05) is 0 Å². The van der Waals surface area contributed by atoms with Crippen molar-refractivity contribution >= 4 is 27.2 Å². The van der Waals surface area contributed by atoms with Crippen LogP contribution in [0.5, 0.6) is 0 Å². The van der Waals surface area contributed by atoms with Gasteiger partial charge in [0.25, 0.3) is 0 Å². The number of benzene rings is 2. The molecule has 2 rings (SSSR count). The van der Waals surface area contributed by atoms with Gasteiger partial charge in [-0.05, 0) is 29.8 Å². The number of hydrogen-bond acceptors (Lipinski definition) is 3. The number of nitrogens with one attached hydrogen (secondary N) is 2. The third-order valence-electron chi connectivity index (χ3n) is 2.64. The summed E-state index contributed by atoms with van der Waals surface area (Å²) in [7, 11) is -3.66. The monoisotopic (exact) mass is 277 g/mol. The van der Waals surface area contributed by atoms with E-state index in [0.29, 0.717) is 0 Å². The van der Waals surface area contributed by atoms with Crippen LogP contribution in [0.15, 0.2) is 47.4 Å². The van der Waals surface area contributed by atoms with Gasteiger partial charge >= 0.3 is 6.41 Å². The highest BCUT2D eigenvalue weighted by Gasteiger charge is 2.17. The zero-order chi connectivity index (χ0) is 13.9. The highest BCUT2D eigenvalue weighted by atomic mass is 32.2. The lowest BCUT2D eigenvalue weighted by atomic mass is 10.1. The van der Waals surface area contributed by atoms with Crippen molar-refractivity contribution < 1.29 is 13.2 Å². The van der Waals surface area contributed by atoms with Gasteiger partial charge in [0.05, 0.1) is 11.1 Å². The van der Waals surface area contributed by atoms with Gasteiger partial charge in [0.1, 0.15) is 0 Å². The first-order valence-electron chi connectivity index (χ1n) is 5.67. The molecule has 0 aliphatic rings. The number of amides is 1. The van der Waals surface area contributed by atoms with E-state index in [9.17, 15) is 13.2 Å². The molecule has 6 heteroatoms. The average molecular weight is 277 g/mol. The van der Waals surface area contributed by atoms with Crippen LogP contribution in [0.4, 0.5) is 0 Å². The Morgan fingerprint density at radius 1 is 1.11 bits per heavy atom. The Hall–Kier alpha value is -1.92. The number of hydrogen-bond donors (Lipinski definition) is 2. The van der Waals surface area contributed by atoms with E-state index in [1.165, 1.54) is 19.4 Å². The van der Waals surface area contributed by atoms with Crippen LogP contribution in [0.3, 0.4) is 0 Å². The van der Waals surface area contributed by atoms with Crippen molar-refractivity contribution in [2.75, 3.05) is 0 Å². The van der Waals surface area contributed by atoms with Crippen molar-refractivity contribution in [3.8, 4) is 0 Å². The second kappa shape index (κ2) is 5.38. The molecule has 0 aliphatic carbocycles. The molecule has 0 bridgehead atoms. The van der Waals surface area contributed by atoms with Crippen LogP contribution in [-0.2, 0) is 14.8 Å². The van der Waals surface area contributed by atoms with E-state index in [2.05, 4.69) is 10.0 Å². The summed E-state index contributed by atoms with van der Waals surface area (Å²) < 4.78 is 26.5. The Bertz CT molecular complexity index is 698. The fourth-order valence-corrected chi connectivity index (χ4v) is 2.94. The highest BCUT2D eigenvalue weighted by molar-refractivity contribution is 7.89. The molecule has 0 spiro atoms. The average Bonchev–Trinajstić information content (AvgIpc) is 2.37. The second-order valence-corrected chi connectivity index (χ2v) is 5.81. The van der Waals surface area contributed by atoms with E-state index in [4.69, 9.17) is 0 Å². The van der Waals surface area contributed by atoms with E-state index >= 15 is 0 Å². The molecule has 2 N–H and O–H groups in total.